The van der Waals surface area contributed by atoms with Gasteiger partial charge in [0.15, 0.2) is 6.61 Å². The maximum atomic E-state index is 12.3. The highest BCUT2D eigenvalue weighted by Crippen LogP contribution is 2.27. The fraction of sp³-hybridized carbons (Fsp3) is 0.381. The average Bonchev–Trinajstić information content (AvgIpc) is 3.17. The van der Waals surface area contributed by atoms with Crippen molar-refractivity contribution in [3.8, 4) is 11.5 Å². The molecule has 27 heavy (non-hydrogen) atoms. The molecule has 2 aromatic rings. The summed E-state index contributed by atoms with van der Waals surface area (Å²) in [5.41, 5.74) is 2.45. The number of para-hydroxylation sites is 2. The molecule has 0 bridgehead atoms. The lowest BCUT2D eigenvalue weighted by molar-refractivity contribution is -0.118. The van der Waals surface area contributed by atoms with E-state index < -0.39 is 0 Å². The molecule has 1 heterocycles. The quantitative estimate of drug-likeness (QED) is 0.755. The molecule has 1 amide bonds. The average molecular weight is 390 g/mol. The number of carbonyl (C=O) groups is 1. The predicted octanol–water partition coefficient (Wildman–Crippen LogP) is 4.53. The molecule has 2 aromatic carbocycles. The highest BCUT2D eigenvalue weighted by atomic mass is 35.5. The molecule has 5 nitrogen and oxygen atoms in total. The summed E-state index contributed by atoms with van der Waals surface area (Å²) in [5, 5.41) is 3.55. The summed E-state index contributed by atoms with van der Waals surface area (Å²) >= 11 is 6.16. The van der Waals surface area contributed by atoms with E-state index in [4.69, 9.17) is 25.8 Å². The molecule has 1 atom stereocenters. The van der Waals surface area contributed by atoms with Crippen LogP contribution >= 0.6 is 11.6 Å². The Hall–Kier alpha value is -2.24. The highest BCUT2D eigenvalue weighted by molar-refractivity contribution is 6.32. The van der Waals surface area contributed by atoms with Crippen molar-refractivity contribution < 1.29 is 19.0 Å². The summed E-state index contributed by atoms with van der Waals surface area (Å²) in [6.07, 6.45) is 2.18. The zero-order valence-electron chi connectivity index (χ0n) is 15.6. The van der Waals surface area contributed by atoms with Gasteiger partial charge in [-0.05, 0) is 62.1 Å². The van der Waals surface area contributed by atoms with Crippen molar-refractivity contribution in [2.24, 2.45) is 0 Å². The zero-order chi connectivity index (χ0) is 19.2. The topological polar surface area (TPSA) is 56.8 Å². The van der Waals surface area contributed by atoms with E-state index in [0.29, 0.717) is 28.8 Å². The van der Waals surface area contributed by atoms with Crippen LogP contribution in [0.1, 0.15) is 24.0 Å². The summed E-state index contributed by atoms with van der Waals surface area (Å²) in [4.78, 5) is 12.3. The first kappa shape index (κ1) is 19.5. The molecule has 1 aliphatic heterocycles. The number of carbonyl (C=O) groups excluding carboxylic acids is 1. The van der Waals surface area contributed by atoms with Gasteiger partial charge >= 0.3 is 0 Å². The minimum absolute atomic E-state index is 0.0966. The SMILES string of the molecule is Cc1cc(OCC(=O)Nc2ccccc2OC[C@@H]2CCCO2)cc(C)c1Cl. The summed E-state index contributed by atoms with van der Waals surface area (Å²) in [6, 6.07) is 11.0. The second-order valence-electron chi connectivity index (χ2n) is 6.65. The predicted molar refractivity (Wildman–Crippen MR) is 106 cm³/mol. The Balaban J connectivity index is 1.56. The monoisotopic (exact) mass is 389 g/mol. The van der Waals surface area contributed by atoms with Crippen molar-refractivity contribution in [2.45, 2.75) is 32.8 Å². The standard InChI is InChI=1S/C21H24ClNO4/c1-14-10-17(11-15(2)21(14)22)26-13-20(24)23-18-7-3-4-8-19(18)27-12-16-6-5-9-25-16/h3-4,7-8,10-11,16H,5-6,9,12-13H2,1-2H3,(H,23,24)/t16-/m0/s1. The Kier molecular flexibility index (Phi) is 6.58. The van der Waals surface area contributed by atoms with Crippen LogP contribution in [0.25, 0.3) is 0 Å². The van der Waals surface area contributed by atoms with Crippen molar-refractivity contribution in [3.63, 3.8) is 0 Å². The zero-order valence-corrected chi connectivity index (χ0v) is 16.3. The van der Waals surface area contributed by atoms with Gasteiger partial charge in [-0.1, -0.05) is 23.7 Å². The van der Waals surface area contributed by atoms with E-state index in [-0.39, 0.29) is 18.6 Å². The third-order valence-corrected chi connectivity index (χ3v) is 4.99. The van der Waals surface area contributed by atoms with Crippen molar-refractivity contribution in [2.75, 3.05) is 25.1 Å². The fourth-order valence-electron chi connectivity index (χ4n) is 2.98. The number of halogens is 1. The molecule has 0 saturated carbocycles. The van der Waals surface area contributed by atoms with Crippen LogP contribution in [-0.4, -0.2) is 31.8 Å². The van der Waals surface area contributed by atoms with Crippen molar-refractivity contribution in [1.82, 2.24) is 0 Å². The van der Waals surface area contributed by atoms with E-state index in [2.05, 4.69) is 5.32 Å². The molecule has 0 aromatic heterocycles. The van der Waals surface area contributed by atoms with Crippen molar-refractivity contribution in [3.05, 3.63) is 52.5 Å². The van der Waals surface area contributed by atoms with E-state index in [1.54, 1.807) is 6.07 Å². The normalized spacial score (nSPS) is 16.2. The number of amides is 1. The van der Waals surface area contributed by atoms with Gasteiger partial charge in [0.1, 0.15) is 18.1 Å². The molecular formula is C21H24ClNO4. The summed E-state index contributed by atoms with van der Waals surface area (Å²) in [5.74, 6) is 0.987. The fourth-order valence-corrected chi connectivity index (χ4v) is 3.09. The first-order valence-electron chi connectivity index (χ1n) is 9.06. The van der Waals surface area contributed by atoms with Gasteiger partial charge in [-0.3, -0.25) is 4.79 Å². The number of anilines is 1. The van der Waals surface area contributed by atoms with E-state index in [9.17, 15) is 4.79 Å². The smallest absolute Gasteiger partial charge is 0.262 e. The lowest BCUT2D eigenvalue weighted by Gasteiger charge is -2.15. The maximum absolute atomic E-state index is 12.3. The molecule has 1 saturated heterocycles. The minimum Gasteiger partial charge on any atom is -0.489 e. The Bertz CT molecular complexity index is 780. The first-order chi connectivity index (χ1) is 13.0. The number of ether oxygens (including phenoxy) is 3. The molecule has 0 unspecified atom stereocenters. The van der Waals surface area contributed by atoms with Crippen molar-refractivity contribution >= 4 is 23.2 Å². The lowest BCUT2D eigenvalue weighted by atomic mass is 10.1. The second-order valence-corrected chi connectivity index (χ2v) is 7.03. The van der Waals surface area contributed by atoms with Crippen LogP contribution < -0.4 is 14.8 Å². The van der Waals surface area contributed by atoms with Gasteiger partial charge < -0.3 is 19.5 Å². The number of hydrogen-bond donors (Lipinski definition) is 1. The molecule has 0 spiro atoms. The van der Waals surface area contributed by atoms with Crippen LogP contribution in [-0.2, 0) is 9.53 Å². The van der Waals surface area contributed by atoms with Gasteiger partial charge in [0.2, 0.25) is 0 Å². The molecular weight excluding hydrogens is 366 g/mol. The first-order valence-corrected chi connectivity index (χ1v) is 9.43. The molecule has 1 aliphatic rings. The lowest BCUT2D eigenvalue weighted by Crippen LogP contribution is -2.21. The number of rotatable bonds is 7. The Morgan fingerprint density at radius 3 is 2.67 bits per heavy atom. The number of hydrogen-bond acceptors (Lipinski definition) is 4. The molecule has 1 fully saturated rings. The maximum Gasteiger partial charge on any atom is 0.262 e. The van der Waals surface area contributed by atoms with E-state index in [1.807, 2.05) is 44.2 Å². The summed E-state index contributed by atoms with van der Waals surface area (Å²) in [6.45, 7) is 4.98. The molecule has 1 N–H and O–H groups in total. The van der Waals surface area contributed by atoms with E-state index in [1.165, 1.54) is 0 Å². The molecule has 3 rings (SSSR count). The van der Waals surface area contributed by atoms with Crippen LogP contribution in [0.5, 0.6) is 11.5 Å². The van der Waals surface area contributed by atoms with Crippen LogP contribution in [0.4, 0.5) is 5.69 Å². The highest BCUT2D eigenvalue weighted by Gasteiger charge is 2.17. The Morgan fingerprint density at radius 2 is 1.96 bits per heavy atom. The van der Waals surface area contributed by atoms with Gasteiger partial charge in [0.05, 0.1) is 11.8 Å². The molecule has 0 radical (unpaired) electrons. The van der Waals surface area contributed by atoms with Gasteiger partial charge in [-0.25, -0.2) is 0 Å². The number of benzene rings is 2. The molecule has 6 heteroatoms. The summed E-state index contributed by atoms with van der Waals surface area (Å²) < 4.78 is 17.0. The Labute approximate surface area is 164 Å². The van der Waals surface area contributed by atoms with Gasteiger partial charge in [0.25, 0.3) is 5.91 Å². The minimum atomic E-state index is -0.256. The van der Waals surface area contributed by atoms with E-state index >= 15 is 0 Å². The van der Waals surface area contributed by atoms with Gasteiger partial charge in [-0.2, -0.15) is 0 Å². The van der Waals surface area contributed by atoms with Crippen LogP contribution in [0, 0.1) is 13.8 Å². The van der Waals surface area contributed by atoms with Crippen LogP contribution in [0.15, 0.2) is 36.4 Å². The largest absolute Gasteiger partial charge is 0.489 e. The third-order valence-electron chi connectivity index (χ3n) is 4.39. The number of nitrogens with one attached hydrogen (secondary N) is 1. The third kappa shape index (κ3) is 5.37. The van der Waals surface area contributed by atoms with Crippen LogP contribution in [0.3, 0.4) is 0 Å². The Morgan fingerprint density at radius 1 is 1.22 bits per heavy atom. The van der Waals surface area contributed by atoms with Gasteiger partial charge in [0, 0.05) is 11.6 Å². The molecule has 0 aliphatic carbocycles. The van der Waals surface area contributed by atoms with Gasteiger partial charge in [-0.15, -0.1) is 0 Å². The second kappa shape index (κ2) is 9.11. The van der Waals surface area contributed by atoms with Crippen LogP contribution in [0.2, 0.25) is 5.02 Å². The van der Waals surface area contributed by atoms with Crippen molar-refractivity contribution in [1.29, 1.82) is 0 Å². The number of aryl methyl sites for hydroxylation is 2. The summed E-state index contributed by atoms with van der Waals surface area (Å²) in [7, 11) is 0. The molecule has 144 valence electrons. The van der Waals surface area contributed by atoms with E-state index in [0.717, 1.165) is 30.6 Å².